The van der Waals surface area contributed by atoms with Gasteiger partial charge in [0.25, 0.3) is 5.91 Å². The predicted octanol–water partition coefficient (Wildman–Crippen LogP) is 2.89. The minimum atomic E-state index is -0.501. The highest BCUT2D eigenvalue weighted by molar-refractivity contribution is 9.10. The lowest BCUT2D eigenvalue weighted by Gasteiger charge is -2.29. The Morgan fingerprint density at radius 3 is 2.86 bits per heavy atom. The van der Waals surface area contributed by atoms with Crippen molar-refractivity contribution in [2.24, 2.45) is 0 Å². The van der Waals surface area contributed by atoms with Gasteiger partial charge in [0.2, 0.25) is 0 Å². The molecule has 6 heteroatoms. The van der Waals surface area contributed by atoms with Gasteiger partial charge in [-0.1, -0.05) is 12.1 Å². The number of hydrogen-bond acceptors (Lipinski definition) is 3. The molecule has 118 valence electrons. The Hall–Kier alpha value is -0.780. The van der Waals surface area contributed by atoms with Crippen LogP contribution < -0.4 is 15.4 Å². The molecule has 1 aliphatic heterocycles. The summed E-state index contributed by atoms with van der Waals surface area (Å²) in [5.74, 6) is 0.633. The molecule has 3 unspecified atom stereocenters. The number of benzene rings is 1. The fourth-order valence-corrected chi connectivity index (χ4v) is 2.74. The standard InChI is InChI=1S/C15H21BrN2O2.ClH/c1-10-9-12(7-8-17-10)18-15(19)11(2)20-14-6-4-3-5-13(14)16;/h3-6,10-12,17H,7-9H2,1-2H3,(H,18,19);1H. The molecule has 1 fully saturated rings. The summed E-state index contributed by atoms with van der Waals surface area (Å²) in [6, 6.07) is 8.24. The fraction of sp³-hybridized carbons (Fsp3) is 0.533. The lowest BCUT2D eigenvalue weighted by atomic mass is 10.0. The maximum Gasteiger partial charge on any atom is 0.260 e. The largest absolute Gasteiger partial charge is 0.480 e. The molecule has 1 aliphatic rings. The van der Waals surface area contributed by atoms with Gasteiger partial charge in [-0.25, -0.2) is 0 Å². The molecule has 0 radical (unpaired) electrons. The van der Waals surface area contributed by atoms with Gasteiger partial charge < -0.3 is 15.4 Å². The maximum absolute atomic E-state index is 12.2. The van der Waals surface area contributed by atoms with Crippen molar-refractivity contribution < 1.29 is 9.53 Å². The number of carbonyl (C=O) groups is 1. The summed E-state index contributed by atoms with van der Waals surface area (Å²) in [6.45, 7) is 4.87. The molecule has 3 atom stereocenters. The zero-order valence-electron chi connectivity index (χ0n) is 12.3. The summed E-state index contributed by atoms with van der Waals surface area (Å²) in [5.41, 5.74) is 0. The molecule has 0 bridgehead atoms. The predicted molar refractivity (Wildman–Crippen MR) is 90.1 cm³/mol. The van der Waals surface area contributed by atoms with Crippen LogP contribution in [0.15, 0.2) is 28.7 Å². The molecule has 0 saturated carbocycles. The van der Waals surface area contributed by atoms with Crippen molar-refractivity contribution in [3.05, 3.63) is 28.7 Å². The van der Waals surface area contributed by atoms with E-state index in [1.165, 1.54) is 0 Å². The maximum atomic E-state index is 12.2. The SMILES string of the molecule is CC1CC(NC(=O)C(C)Oc2ccccc2Br)CCN1.Cl. The summed E-state index contributed by atoms with van der Waals surface area (Å²) in [5, 5.41) is 6.44. The molecule has 0 aromatic heterocycles. The van der Waals surface area contributed by atoms with Crippen LogP contribution >= 0.6 is 28.3 Å². The van der Waals surface area contributed by atoms with Crippen LogP contribution in [-0.2, 0) is 4.79 Å². The number of rotatable bonds is 4. The summed E-state index contributed by atoms with van der Waals surface area (Å²) >= 11 is 3.42. The van der Waals surface area contributed by atoms with Crippen LogP contribution in [0, 0.1) is 0 Å². The van der Waals surface area contributed by atoms with Crippen LogP contribution in [0.2, 0.25) is 0 Å². The van der Waals surface area contributed by atoms with Gasteiger partial charge in [0.15, 0.2) is 6.10 Å². The van der Waals surface area contributed by atoms with E-state index in [-0.39, 0.29) is 24.4 Å². The van der Waals surface area contributed by atoms with Crippen LogP contribution in [0.3, 0.4) is 0 Å². The number of nitrogens with one attached hydrogen (secondary N) is 2. The van der Waals surface area contributed by atoms with Gasteiger partial charge in [0.1, 0.15) is 5.75 Å². The van der Waals surface area contributed by atoms with E-state index in [4.69, 9.17) is 4.74 Å². The number of piperidine rings is 1. The molecule has 21 heavy (non-hydrogen) atoms. The first-order valence-electron chi connectivity index (χ1n) is 7.01. The number of para-hydroxylation sites is 1. The Morgan fingerprint density at radius 2 is 2.19 bits per heavy atom. The van der Waals surface area contributed by atoms with Crippen LogP contribution in [0.1, 0.15) is 26.7 Å². The minimum Gasteiger partial charge on any atom is -0.480 e. The van der Waals surface area contributed by atoms with Gasteiger partial charge in [0, 0.05) is 12.1 Å². The summed E-state index contributed by atoms with van der Waals surface area (Å²) in [4.78, 5) is 12.2. The lowest BCUT2D eigenvalue weighted by molar-refractivity contribution is -0.128. The lowest BCUT2D eigenvalue weighted by Crippen LogP contribution is -2.49. The molecule has 1 aromatic rings. The Labute approximate surface area is 140 Å². The molecule has 4 nitrogen and oxygen atoms in total. The third kappa shape index (κ3) is 5.49. The first-order chi connectivity index (χ1) is 9.56. The highest BCUT2D eigenvalue weighted by Crippen LogP contribution is 2.24. The quantitative estimate of drug-likeness (QED) is 0.848. The number of hydrogen-bond donors (Lipinski definition) is 2. The molecule has 1 saturated heterocycles. The van der Waals surface area contributed by atoms with E-state index in [1.807, 2.05) is 24.3 Å². The molecule has 2 rings (SSSR count). The first-order valence-corrected chi connectivity index (χ1v) is 7.80. The van der Waals surface area contributed by atoms with Crippen molar-refractivity contribution in [2.75, 3.05) is 6.54 Å². The minimum absolute atomic E-state index is 0. The van der Waals surface area contributed by atoms with Crippen molar-refractivity contribution in [3.63, 3.8) is 0 Å². The third-order valence-electron chi connectivity index (χ3n) is 3.48. The molecule has 1 heterocycles. The monoisotopic (exact) mass is 376 g/mol. The van der Waals surface area contributed by atoms with Gasteiger partial charge in [0.05, 0.1) is 4.47 Å². The smallest absolute Gasteiger partial charge is 0.260 e. The van der Waals surface area contributed by atoms with Crippen molar-refractivity contribution in [1.82, 2.24) is 10.6 Å². The van der Waals surface area contributed by atoms with E-state index < -0.39 is 6.10 Å². The summed E-state index contributed by atoms with van der Waals surface area (Å²) < 4.78 is 6.56. The van der Waals surface area contributed by atoms with E-state index in [1.54, 1.807) is 6.92 Å². The molecular formula is C15H22BrClN2O2. The second kappa shape index (κ2) is 8.61. The second-order valence-electron chi connectivity index (χ2n) is 5.28. The fourth-order valence-electron chi connectivity index (χ4n) is 2.37. The van der Waals surface area contributed by atoms with Gasteiger partial charge in [-0.05, 0) is 61.3 Å². The van der Waals surface area contributed by atoms with Crippen molar-refractivity contribution in [3.8, 4) is 5.75 Å². The first kappa shape index (κ1) is 18.3. The third-order valence-corrected chi connectivity index (χ3v) is 4.13. The van der Waals surface area contributed by atoms with Gasteiger partial charge in [-0.3, -0.25) is 4.79 Å². The molecule has 0 aliphatic carbocycles. The van der Waals surface area contributed by atoms with E-state index in [0.717, 1.165) is 23.9 Å². The molecule has 1 aromatic carbocycles. The van der Waals surface area contributed by atoms with E-state index in [9.17, 15) is 4.79 Å². The highest BCUT2D eigenvalue weighted by Gasteiger charge is 2.23. The number of ether oxygens (including phenoxy) is 1. The molecular weight excluding hydrogens is 356 g/mol. The topological polar surface area (TPSA) is 50.4 Å². The zero-order chi connectivity index (χ0) is 14.5. The Morgan fingerprint density at radius 1 is 1.48 bits per heavy atom. The van der Waals surface area contributed by atoms with Crippen molar-refractivity contribution in [2.45, 2.75) is 44.9 Å². The Bertz CT molecular complexity index is 473. The zero-order valence-corrected chi connectivity index (χ0v) is 14.7. The van der Waals surface area contributed by atoms with Gasteiger partial charge >= 0.3 is 0 Å². The van der Waals surface area contributed by atoms with Crippen LogP contribution in [-0.4, -0.2) is 30.6 Å². The van der Waals surface area contributed by atoms with E-state index in [2.05, 4.69) is 33.5 Å². The van der Waals surface area contributed by atoms with Gasteiger partial charge in [-0.2, -0.15) is 0 Å². The van der Waals surface area contributed by atoms with Gasteiger partial charge in [-0.15, -0.1) is 12.4 Å². The number of carbonyl (C=O) groups excluding carboxylic acids is 1. The Kier molecular flexibility index (Phi) is 7.49. The molecule has 2 N–H and O–H groups in total. The number of amides is 1. The molecule has 0 spiro atoms. The average molecular weight is 378 g/mol. The normalized spacial score (nSPS) is 22.8. The van der Waals surface area contributed by atoms with Crippen LogP contribution in [0.25, 0.3) is 0 Å². The van der Waals surface area contributed by atoms with Crippen molar-refractivity contribution in [1.29, 1.82) is 0 Å². The van der Waals surface area contributed by atoms with Crippen LogP contribution in [0.5, 0.6) is 5.75 Å². The Balaban J connectivity index is 0.00000220. The second-order valence-corrected chi connectivity index (χ2v) is 6.13. The van der Waals surface area contributed by atoms with E-state index in [0.29, 0.717) is 11.8 Å². The van der Waals surface area contributed by atoms with E-state index >= 15 is 0 Å². The average Bonchev–Trinajstić information content (AvgIpc) is 2.41. The number of halogens is 2. The van der Waals surface area contributed by atoms with Crippen molar-refractivity contribution >= 4 is 34.2 Å². The summed E-state index contributed by atoms with van der Waals surface area (Å²) in [7, 11) is 0. The molecule has 1 amide bonds. The summed E-state index contributed by atoms with van der Waals surface area (Å²) in [6.07, 6.45) is 1.43. The highest BCUT2D eigenvalue weighted by atomic mass is 79.9. The van der Waals surface area contributed by atoms with Crippen LogP contribution in [0.4, 0.5) is 0 Å².